The molecule has 0 fully saturated rings. The molecule has 0 aromatic heterocycles. The number of likely N-dealkylation sites (N-methyl/N-ethyl adjacent to an activating group) is 1. The number of aliphatic carboxylic acids is 2. The van der Waals surface area contributed by atoms with Gasteiger partial charge in [0.2, 0.25) is 5.91 Å². The van der Waals surface area contributed by atoms with Gasteiger partial charge in [-0.3, -0.25) is 9.80 Å². The quantitative estimate of drug-likeness (QED) is 0.387. The van der Waals surface area contributed by atoms with Gasteiger partial charge in [-0.05, 0) is 37.2 Å². The molecule has 9 nitrogen and oxygen atoms in total. The van der Waals surface area contributed by atoms with Crippen LogP contribution in [0.4, 0.5) is 0 Å². The predicted octanol–water partition coefficient (Wildman–Crippen LogP) is 3.54. The highest BCUT2D eigenvalue weighted by Crippen LogP contribution is 2.43. The second-order valence-corrected chi connectivity index (χ2v) is 9.07. The van der Waals surface area contributed by atoms with E-state index in [2.05, 4.69) is 18.7 Å². The molecule has 3 rings (SSSR count). The number of nitrogens with zero attached hydrogens (tertiary/aromatic N) is 4. The summed E-state index contributed by atoms with van der Waals surface area (Å²) in [5, 5.41) is 22.3. The summed E-state index contributed by atoms with van der Waals surface area (Å²) in [6.45, 7) is 7.37. The van der Waals surface area contributed by atoms with E-state index in [0.717, 1.165) is 42.8 Å². The van der Waals surface area contributed by atoms with Crippen LogP contribution in [0.2, 0.25) is 0 Å². The molecule has 1 atom stereocenters. The maximum absolute atomic E-state index is 13.4. The lowest BCUT2D eigenvalue weighted by Gasteiger charge is -2.35. The van der Waals surface area contributed by atoms with E-state index in [9.17, 15) is 24.6 Å². The van der Waals surface area contributed by atoms with E-state index in [1.54, 1.807) is 23.2 Å². The Hall–Kier alpha value is -3.95. The molecule has 0 aliphatic carbocycles. The van der Waals surface area contributed by atoms with Gasteiger partial charge in [0.05, 0.1) is 18.7 Å². The molecule has 0 saturated carbocycles. The van der Waals surface area contributed by atoms with Gasteiger partial charge >= 0.3 is 11.9 Å². The van der Waals surface area contributed by atoms with Crippen molar-refractivity contribution < 1.29 is 24.6 Å². The number of hydrazine groups is 1. The fourth-order valence-electron chi connectivity index (χ4n) is 4.58. The number of rotatable bonds is 13. The van der Waals surface area contributed by atoms with Crippen LogP contribution in [0.25, 0.3) is 5.57 Å². The molecule has 1 amide bonds. The van der Waals surface area contributed by atoms with Gasteiger partial charge in [-0.2, -0.15) is 5.01 Å². The summed E-state index contributed by atoms with van der Waals surface area (Å²) in [7, 11) is 1.74. The van der Waals surface area contributed by atoms with Crippen molar-refractivity contribution in [3.63, 3.8) is 0 Å². The molecule has 1 unspecified atom stereocenters. The lowest BCUT2D eigenvalue weighted by molar-refractivity contribution is -0.141. The molecule has 0 radical (unpaired) electrons. The third kappa shape index (κ3) is 7.08. The van der Waals surface area contributed by atoms with E-state index < -0.39 is 23.7 Å². The minimum absolute atomic E-state index is 0.140. The van der Waals surface area contributed by atoms with Crippen LogP contribution in [0.5, 0.6) is 0 Å². The van der Waals surface area contributed by atoms with Gasteiger partial charge < -0.3 is 20.0 Å². The first kappa shape index (κ1) is 28.6. The predicted molar refractivity (Wildman–Crippen MR) is 146 cm³/mol. The highest BCUT2D eigenvalue weighted by Gasteiger charge is 2.39. The van der Waals surface area contributed by atoms with Crippen LogP contribution in [0.3, 0.4) is 0 Å². The molecular formula is C29H36N4O5. The van der Waals surface area contributed by atoms with Crippen LogP contribution in [0.1, 0.15) is 37.4 Å². The van der Waals surface area contributed by atoms with E-state index in [1.807, 2.05) is 60.7 Å². The molecule has 1 aliphatic heterocycles. The second kappa shape index (κ2) is 13.6. The van der Waals surface area contributed by atoms with Gasteiger partial charge in [0.1, 0.15) is 5.70 Å². The maximum atomic E-state index is 13.4. The first-order valence-electron chi connectivity index (χ1n) is 12.8. The number of benzene rings is 2. The molecule has 1 heterocycles. The van der Waals surface area contributed by atoms with Crippen molar-refractivity contribution in [2.45, 2.75) is 26.3 Å². The van der Waals surface area contributed by atoms with E-state index in [-0.39, 0.29) is 12.5 Å². The van der Waals surface area contributed by atoms with Crippen LogP contribution >= 0.6 is 0 Å². The highest BCUT2D eigenvalue weighted by atomic mass is 16.4. The maximum Gasteiger partial charge on any atom is 0.354 e. The summed E-state index contributed by atoms with van der Waals surface area (Å²) in [6.07, 6.45) is 3.08. The largest absolute Gasteiger partial charge is 0.478 e. The summed E-state index contributed by atoms with van der Waals surface area (Å²) < 4.78 is 0. The van der Waals surface area contributed by atoms with Gasteiger partial charge in [0, 0.05) is 25.4 Å². The van der Waals surface area contributed by atoms with Crippen LogP contribution in [0.15, 0.2) is 78.6 Å². The fourth-order valence-corrected chi connectivity index (χ4v) is 4.58. The van der Waals surface area contributed by atoms with Gasteiger partial charge in [0.25, 0.3) is 0 Å². The van der Waals surface area contributed by atoms with Crippen molar-refractivity contribution in [1.29, 1.82) is 0 Å². The number of carbonyl (C=O) groups is 3. The number of hydrogen-bond donors (Lipinski definition) is 2. The first-order valence-corrected chi connectivity index (χ1v) is 12.8. The SMILES string of the molecule is CCN(CC)CCCN(C)C(=O)CN1C(c2ccccc2)C(c2ccccc2)=CN1/C(=C/C(=O)O)C(=O)O. The van der Waals surface area contributed by atoms with E-state index in [1.165, 1.54) is 5.01 Å². The topological polar surface area (TPSA) is 105 Å². The molecule has 2 aromatic carbocycles. The fraction of sp³-hybridized carbons (Fsp3) is 0.345. The number of hydrogen-bond acceptors (Lipinski definition) is 6. The Labute approximate surface area is 223 Å². The third-order valence-corrected chi connectivity index (χ3v) is 6.66. The summed E-state index contributed by atoms with van der Waals surface area (Å²) in [5.74, 6) is -2.99. The van der Waals surface area contributed by atoms with E-state index >= 15 is 0 Å². The number of carboxylic acids is 2. The average Bonchev–Trinajstić information content (AvgIpc) is 3.28. The smallest absolute Gasteiger partial charge is 0.354 e. The van der Waals surface area contributed by atoms with Crippen LogP contribution in [-0.2, 0) is 14.4 Å². The molecular weight excluding hydrogens is 484 g/mol. The molecule has 2 aromatic rings. The Bertz CT molecular complexity index is 1160. The van der Waals surface area contributed by atoms with Crippen LogP contribution in [-0.4, -0.2) is 87.6 Å². The molecule has 0 spiro atoms. The minimum Gasteiger partial charge on any atom is -0.478 e. The Balaban J connectivity index is 1.99. The minimum atomic E-state index is -1.41. The van der Waals surface area contributed by atoms with E-state index in [0.29, 0.717) is 12.6 Å². The lowest BCUT2D eigenvalue weighted by Crippen LogP contribution is -2.46. The van der Waals surface area contributed by atoms with Crippen LogP contribution < -0.4 is 0 Å². The Kier molecular flexibility index (Phi) is 10.2. The monoisotopic (exact) mass is 520 g/mol. The molecule has 0 saturated heterocycles. The van der Waals surface area contributed by atoms with Crippen molar-refractivity contribution in [3.05, 3.63) is 89.8 Å². The summed E-state index contributed by atoms with van der Waals surface area (Å²) >= 11 is 0. The highest BCUT2D eigenvalue weighted by molar-refractivity contribution is 5.95. The van der Waals surface area contributed by atoms with Crippen LogP contribution in [0, 0.1) is 0 Å². The van der Waals surface area contributed by atoms with Gasteiger partial charge in [-0.15, -0.1) is 0 Å². The summed E-state index contributed by atoms with van der Waals surface area (Å²) in [5.41, 5.74) is 1.99. The number of carbonyl (C=O) groups excluding carboxylic acids is 1. The standard InChI is InChI=1S/C29H36N4O5/c1-4-31(5-2)18-12-17-30(3)26(34)21-33-28(23-15-10-7-11-16-23)24(22-13-8-6-9-14-22)20-32(33)25(29(37)38)19-27(35)36/h6-11,13-16,19-20,28H,4-5,12,17-18,21H2,1-3H3,(H,35,36)(H,37,38)/b25-19+. The average molecular weight is 521 g/mol. The zero-order valence-corrected chi connectivity index (χ0v) is 22.2. The normalized spacial score (nSPS) is 16.0. The number of amides is 1. The number of carboxylic acid groups (broad SMARTS) is 2. The van der Waals surface area contributed by atoms with Crippen molar-refractivity contribution in [2.75, 3.05) is 39.8 Å². The summed E-state index contributed by atoms with van der Waals surface area (Å²) in [4.78, 5) is 41.1. The van der Waals surface area contributed by atoms with Crippen molar-refractivity contribution in [3.8, 4) is 0 Å². The molecule has 202 valence electrons. The third-order valence-electron chi connectivity index (χ3n) is 6.66. The van der Waals surface area contributed by atoms with Gasteiger partial charge in [-0.25, -0.2) is 9.59 Å². The van der Waals surface area contributed by atoms with Gasteiger partial charge in [0.15, 0.2) is 0 Å². The zero-order valence-electron chi connectivity index (χ0n) is 22.2. The molecule has 38 heavy (non-hydrogen) atoms. The molecule has 1 aliphatic rings. The van der Waals surface area contributed by atoms with Crippen molar-refractivity contribution >= 4 is 23.4 Å². The first-order chi connectivity index (χ1) is 18.3. The van der Waals surface area contributed by atoms with E-state index in [4.69, 9.17) is 0 Å². The summed E-state index contributed by atoms with van der Waals surface area (Å²) in [6, 6.07) is 18.4. The zero-order chi connectivity index (χ0) is 27.7. The molecule has 9 heteroatoms. The molecule has 0 bridgehead atoms. The Morgan fingerprint density at radius 3 is 2.08 bits per heavy atom. The molecule has 2 N–H and O–H groups in total. The second-order valence-electron chi connectivity index (χ2n) is 9.07. The van der Waals surface area contributed by atoms with Crippen molar-refractivity contribution in [2.24, 2.45) is 0 Å². The lowest BCUT2D eigenvalue weighted by atomic mass is 9.94. The van der Waals surface area contributed by atoms with Crippen molar-refractivity contribution in [1.82, 2.24) is 19.8 Å². The Morgan fingerprint density at radius 2 is 1.53 bits per heavy atom. The van der Waals surface area contributed by atoms with Gasteiger partial charge in [-0.1, -0.05) is 74.5 Å². The Morgan fingerprint density at radius 1 is 0.921 bits per heavy atom.